The van der Waals surface area contributed by atoms with Crippen LogP contribution in [-0.4, -0.2) is 30.8 Å². The molecule has 2 N–H and O–H groups in total. The maximum absolute atomic E-state index is 11.1. The van der Waals surface area contributed by atoms with Gasteiger partial charge in [-0.1, -0.05) is 38.1 Å². The van der Waals surface area contributed by atoms with Crippen molar-refractivity contribution in [1.29, 1.82) is 0 Å². The molecule has 4 heteroatoms. The smallest absolute Gasteiger partial charge is 0.319 e. The van der Waals surface area contributed by atoms with E-state index in [4.69, 9.17) is 4.74 Å². The summed E-state index contributed by atoms with van der Waals surface area (Å²) in [6.07, 6.45) is -0.615. The van der Waals surface area contributed by atoms with Gasteiger partial charge in [-0.15, -0.1) is 0 Å². The highest BCUT2D eigenvalue weighted by atomic mass is 16.5. The number of carbonyl (C=O) groups excluding carboxylic acids is 1. The minimum atomic E-state index is -0.615. The van der Waals surface area contributed by atoms with Gasteiger partial charge in [-0.2, -0.15) is 0 Å². The highest BCUT2D eigenvalue weighted by Gasteiger charge is 2.09. The van der Waals surface area contributed by atoms with E-state index in [0.717, 1.165) is 5.56 Å². The van der Waals surface area contributed by atoms with Gasteiger partial charge < -0.3 is 15.2 Å². The standard InChI is InChI=1S/C15H23NO3/c1-4-19-15(18)10-16-9-14(17)13-7-5-12(6-8-13)11(2)3/h5-8,11,14,16-17H,4,9-10H2,1-3H3. The lowest BCUT2D eigenvalue weighted by Gasteiger charge is -2.13. The summed E-state index contributed by atoms with van der Waals surface area (Å²) in [5.41, 5.74) is 2.09. The molecule has 0 saturated heterocycles. The quantitative estimate of drug-likeness (QED) is 0.740. The van der Waals surface area contributed by atoms with Gasteiger partial charge >= 0.3 is 5.97 Å². The van der Waals surface area contributed by atoms with Crippen molar-refractivity contribution >= 4 is 5.97 Å². The highest BCUT2D eigenvalue weighted by molar-refractivity contribution is 5.71. The number of hydrogen-bond acceptors (Lipinski definition) is 4. The summed E-state index contributed by atoms with van der Waals surface area (Å²) in [6.45, 7) is 6.86. The van der Waals surface area contributed by atoms with Crippen LogP contribution < -0.4 is 5.32 Å². The molecule has 1 aromatic rings. The van der Waals surface area contributed by atoms with Crippen molar-refractivity contribution in [3.8, 4) is 0 Å². The molecule has 0 heterocycles. The Balaban J connectivity index is 2.40. The van der Waals surface area contributed by atoms with Crippen molar-refractivity contribution in [2.45, 2.75) is 32.8 Å². The zero-order valence-corrected chi connectivity index (χ0v) is 11.8. The molecular formula is C15H23NO3. The van der Waals surface area contributed by atoms with Crippen LogP contribution in [0.25, 0.3) is 0 Å². The van der Waals surface area contributed by atoms with Crippen LogP contribution in [0.5, 0.6) is 0 Å². The van der Waals surface area contributed by atoms with Crippen molar-refractivity contribution in [3.63, 3.8) is 0 Å². The Kier molecular flexibility index (Phi) is 6.53. The van der Waals surface area contributed by atoms with E-state index in [0.29, 0.717) is 19.1 Å². The molecule has 0 bridgehead atoms. The summed E-state index contributed by atoms with van der Waals surface area (Å²) in [6, 6.07) is 7.89. The van der Waals surface area contributed by atoms with Crippen LogP contribution >= 0.6 is 0 Å². The highest BCUT2D eigenvalue weighted by Crippen LogP contribution is 2.18. The number of aliphatic hydroxyl groups excluding tert-OH is 1. The fraction of sp³-hybridized carbons (Fsp3) is 0.533. The number of ether oxygens (including phenoxy) is 1. The molecule has 0 aromatic heterocycles. The molecule has 4 nitrogen and oxygen atoms in total. The number of rotatable bonds is 7. The fourth-order valence-electron chi connectivity index (χ4n) is 1.74. The van der Waals surface area contributed by atoms with E-state index in [1.807, 2.05) is 24.3 Å². The number of nitrogens with one attached hydrogen (secondary N) is 1. The molecule has 0 aliphatic carbocycles. The molecule has 0 radical (unpaired) electrons. The van der Waals surface area contributed by atoms with Crippen LogP contribution in [0, 0.1) is 0 Å². The first-order valence-electron chi connectivity index (χ1n) is 6.68. The fourth-order valence-corrected chi connectivity index (χ4v) is 1.74. The van der Waals surface area contributed by atoms with Gasteiger partial charge in [0.15, 0.2) is 0 Å². The van der Waals surface area contributed by atoms with Gasteiger partial charge in [0.25, 0.3) is 0 Å². The van der Waals surface area contributed by atoms with Crippen molar-refractivity contribution in [1.82, 2.24) is 5.32 Å². The van der Waals surface area contributed by atoms with E-state index >= 15 is 0 Å². The zero-order valence-electron chi connectivity index (χ0n) is 11.8. The SMILES string of the molecule is CCOC(=O)CNCC(O)c1ccc(C(C)C)cc1. The summed E-state index contributed by atoms with van der Waals surface area (Å²) in [4.78, 5) is 11.1. The Morgan fingerprint density at radius 1 is 1.26 bits per heavy atom. The van der Waals surface area contributed by atoms with Crippen molar-refractivity contribution in [3.05, 3.63) is 35.4 Å². The van der Waals surface area contributed by atoms with E-state index < -0.39 is 6.10 Å². The van der Waals surface area contributed by atoms with Crippen molar-refractivity contribution in [2.75, 3.05) is 19.7 Å². The van der Waals surface area contributed by atoms with Gasteiger partial charge in [-0.25, -0.2) is 0 Å². The molecule has 1 unspecified atom stereocenters. The van der Waals surface area contributed by atoms with Gasteiger partial charge in [-0.05, 0) is 24.0 Å². The number of esters is 1. The summed E-state index contributed by atoms with van der Waals surface area (Å²) < 4.78 is 4.79. The van der Waals surface area contributed by atoms with E-state index in [1.54, 1.807) is 6.92 Å². The van der Waals surface area contributed by atoms with E-state index in [9.17, 15) is 9.90 Å². The minimum absolute atomic E-state index is 0.120. The lowest BCUT2D eigenvalue weighted by molar-refractivity contribution is -0.142. The first-order valence-corrected chi connectivity index (χ1v) is 6.68. The van der Waals surface area contributed by atoms with Crippen LogP contribution in [0.3, 0.4) is 0 Å². The molecule has 1 atom stereocenters. The Hall–Kier alpha value is -1.39. The molecule has 0 fully saturated rings. The summed E-state index contributed by atoms with van der Waals surface area (Å²) in [7, 11) is 0. The molecule has 0 saturated carbocycles. The van der Waals surface area contributed by atoms with Crippen LogP contribution in [0.2, 0.25) is 0 Å². The van der Waals surface area contributed by atoms with Crippen molar-refractivity contribution in [2.24, 2.45) is 0 Å². The average Bonchev–Trinajstić information content (AvgIpc) is 2.39. The maximum Gasteiger partial charge on any atom is 0.319 e. The predicted molar refractivity (Wildman–Crippen MR) is 75.0 cm³/mol. The molecule has 0 spiro atoms. The average molecular weight is 265 g/mol. The second-order valence-electron chi connectivity index (χ2n) is 4.77. The third-order valence-corrected chi connectivity index (χ3v) is 2.90. The molecule has 0 aliphatic rings. The van der Waals surface area contributed by atoms with Gasteiger partial charge in [-0.3, -0.25) is 4.79 Å². The second-order valence-corrected chi connectivity index (χ2v) is 4.77. The largest absolute Gasteiger partial charge is 0.465 e. The van der Waals surface area contributed by atoms with Crippen LogP contribution in [0.4, 0.5) is 0 Å². The van der Waals surface area contributed by atoms with Crippen LogP contribution in [0.15, 0.2) is 24.3 Å². The van der Waals surface area contributed by atoms with Crippen LogP contribution in [-0.2, 0) is 9.53 Å². The van der Waals surface area contributed by atoms with Crippen LogP contribution in [0.1, 0.15) is 43.9 Å². The first kappa shape index (κ1) is 15.7. The number of hydrogen-bond donors (Lipinski definition) is 2. The van der Waals surface area contributed by atoms with E-state index in [1.165, 1.54) is 5.56 Å². The van der Waals surface area contributed by atoms with E-state index in [2.05, 4.69) is 19.2 Å². The minimum Gasteiger partial charge on any atom is -0.465 e. The molecule has 1 aromatic carbocycles. The normalized spacial score (nSPS) is 12.5. The Morgan fingerprint density at radius 2 is 1.84 bits per heavy atom. The van der Waals surface area contributed by atoms with Crippen molar-refractivity contribution < 1.29 is 14.6 Å². The van der Waals surface area contributed by atoms with Gasteiger partial charge in [0.05, 0.1) is 19.3 Å². The topological polar surface area (TPSA) is 58.6 Å². The van der Waals surface area contributed by atoms with Gasteiger partial charge in [0.1, 0.15) is 0 Å². The first-order chi connectivity index (χ1) is 9.04. The summed E-state index contributed by atoms with van der Waals surface area (Å²) in [5.74, 6) is 0.179. The third-order valence-electron chi connectivity index (χ3n) is 2.90. The summed E-state index contributed by atoms with van der Waals surface area (Å²) >= 11 is 0. The second kappa shape index (κ2) is 7.92. The number of carbonyl (C=O) groups is 1. The van der Waals surface area contributed by atoms with Gasteiger partial charge in [0, 0.05) is 6.54 Å². The monoisotopic (exact) mass is 265 g/mol. The Morgan fingerprint density at radius 3 is 2.37 bits per heavy atom. The summed E-state index contributed by atoms with van der Waals surface area (Å²) in [5, 5.41) is 12.9. The Bertz CT molecular complexity index is 387. The molecule has 19 heavy (non-hydrogen) atoms. The molecule has 106 valence electrons. The lowest BCUT2D eigenvalue weighted by Crippen LogP contribution is -2.28. The third kappa shape index (κ3) is 5.41. The molecule has 1 rings (SSSR count). The molecular weight excluding hydrogens is 242 g/mol. The number of benzene rings is 1. The molecule has 0 aliphatic heterocycles. The molecule has 0 amide bonds. The maximum atomic E-state index is 11.1. The number of aliphatic hydroxyl groups is 1. The van der Waals surface area contributed by atoms with E-state index in [-0.39, 0.29) is 12.5 Å². The Labute approximate surface area is 114 Å². The predicted octanol–water partition coefficient (Wildman–Crippen LogP) is 2.00. The lowest BCUT2D eigenvalue weighted by atomic mass is 10.00. The van der Waals surface area contributed by atoms with Gasteiger partial charge in [0.2, 0.25) is 0 Å². The zero-order chi connectivity index (χ0) is 14.3.